The normalized spacial score (nSPS) is 11.2. The van der Waals surface area contributed by atoms with Crippen LogP contribution in [0.4, 0.5) is 5.69 Å². The summed E-state index contributed by atoms with van der Waals surface area (Å²) in [6.07, 6.45) is 1.18. The Kier molecular flexibility index (Phi) is 7.03. The highest BCUT2D eigenvalue weighted by Crippen LogP contribution is 2.23. The Labute approximate surface area is 188 Å². The van der Waals surface area contributed by atoms with E-state index in [-0.39, 0.29) is 12.5 Å². The molecule has 0 radical (unpaired) electrons. The van der Waals surface area contributed by atoms with E-state index in [0.717, 1.165) is 16.7 Å². The van der Waals surface area contributed by atoms with E-state index in [4.69, 9.17) is 11.6 Å². The largest absolute Gasteiger partial charge is 0.337 e. The lowest BCUT2D eigenvalue weighted by Crippen LogP contribution is -2.30. The van der Waals surface area contributed by atoms with Crippen LogP contribution in [0.2, 0.25) is 5.02 Å². The first kappa shape index (κ1) is 22.8. The number of hydrogen-bond acceptors (Lipinski definition) is 3. The maximum atomic E-state index is 12.8. The Morgan fingerprint density at radius 3 is 2.10 bits per heavy atom. The SMILES string of the molecule is Cc1ccccc1CN(c1ccc(C(=O)N(C)Cc2ccc(Cl)cc2)cc1)S(C)(=O)=O. The summed E-state index contributed by atoms with van der Waals surface area (Å²) in [6, 6.07) is 21.7. The Balaban J connectivity index is 1.78. The Bertz CT molecular complexity index is 1160. The van der Waals surface area contributed by atoms with Gasteiger partial charge in [0, 0.05) is 24.2 Å². The van der Waals surface area contributed by atoms with Crippen molar-refractivity contribution in [2.45, 2.75) is 20.0 Å². The fourth-order valence-corrected chi connectivity index (χ4v) is 4.27. The highest BCUT2D eigenvalue weighted by atomic mass is 35.5. The summed E-state index contributed by atoms with van der Waals surface area (Å²) in [6.45, 7) is 2.63. The quantitative estimate of drug-likeness (QED) is 0.508. The molecule has 0 aliphatic carbocycles. The number of anilines is 1. The van der Waals surface area contributed by atoms with Gasteiger partial charge in [-0.1, -0.05) is 48.0 Å². The molecule has 5 nitrogen and oxygen atoms in total. The minimum atomic E-state index is -3.50. The van der Waals surface area contributed by atoms with Gasteiger partial charge in [0.2, 0.25) is 10.0 Å². The van der Waals surface area contributed by atoms with E-state index in [1.54, 1.807) is 48.3 Å². The van der Waals surface area contributed by atoms with Gasteiger partial charge in [0.05, 0.1) is 18.5 Å². The molecule has 0 aromatic heterocycles. The van der Waals surface area contributed by atoms with Crippen molar-refractivity contribution < 1.29 is 13.2 Å². The van der Waals surface area contributed by atoms with E-state index in [9.17, 15) is 13.2 Å². The summed E-state index contributed by atoms with van der Waals surface area (Å²) in [4.78, 5) is 14.4. The molecule has 0 saturated heterocycles. The van der Waals surface area contributed by atoms with E-state index >= 15 is 0 Å². The number of hydrogen-bond donors (Lipinski definition) is 0. The molecule has 162 valence electrons. The van der Waals surface area contributed by atoms with E-state index in [2.05, 4.69) is 0 Å². The van der Waals surface area contributed by atoms with Crippen molar-refractivity contribution in [2.24, 2.45) is 0 Å². The van der Waals surface area contributed by atoms with Gasteiger partial charge in [0.25, 0.3) is 5.91 Å². The third-order valence-electron chi connectivity index (χ3n) is 5.06. The molecule has 3 aromatic rings. The molecule has 0 fully saturated rings. The topological polar surface area (TPSA) is 57.7 Å². The lowest BCUT2D eigenvalue weighted by molar-refractivity contribution is 0.0785. The van der Waals surface area contributed by atoms with Crippen LogP contribution in [0.3, 0.4) is 0 Å². The molecule has 31 heavy (non-hydrogen) atoms. The molecule has 0 spiro atoms. The van der Waals surface area contributed by atoms with Crippen LogP contribution in [0, 0.1) is 6.92 Å². The lowest BCUT2D eigenvalue weighted by Gasteiger charge is -2.24. The first-order chi connectivity index (χ1) is 14.6. The van der Waals surface area contributed by atoms with Crippen LogP contribution in [-0.4, -0.2) is 32.5 Å². The number of benzene rings is 3. The van der Waals surface area contributed by atoms with Crippen molar-refractivity contribution in [1.29, 1.82) is 0 Å². The van der Waals surface area contributed by atoms with Gasteiger partial charge in [-0.3, -0.25) is 9.10 Å². The van der Waals surface area contributed by atoms with Crippen molar-refractivity contribution in [2.75, 3.05) is 17.6 Å². The summed E-state index contributed by atoms with van der Waals surface area (Å²) in [5.41, 5.74) is 3.92. The summed E-state index contributed by atoms with van der Waals surface area (Å²) in [5, 5.41) is 0.648. The minimum absolute atomic E-state index is 0.147. The summed E-state index contributed by atoms with van der Waals surface area (Å²) >= 11 is 5.91. The van der Waals surface area contributed by atoms with Crippen LogP contribution in [-0.2, 0) is 23.1 Å². The van der Waals surface area contributed by atoms with E-state index in [1.165, 1.54) is 10.6 Å². The third-order valence-corrected chi connectivity index (χ3v) is 6.45. The fourth-order valence-electron chi connectivity index (χ4n) is 3.27. The molecule has 0 N–H and O–H groups in total. The predicted octanol–water partition coefficient (Wildman–Crippen LogP) is 4.89. The number of rotatable bonds is 7. The molecule has 7 heteroatoms. The number of aryl methyl sites for hydroxylation is 1. The van der Waals surface area contributed by atoms with E-state index < -0.39 is 10.0 Å². The van der Waals surface area contributed by atoms with E-state index in [0.29, 0.717) is 22.8 Å². The second kappa shape index (κ2) is 9.54. The zero-order valence-electron chi connectivity index (χ0n) is 17.7. The highest BCUT2D eigenvalue weighted by molar-refractivity contribution is 7.92. The van der Waals surface area contributed by atoms with Crippen molar-refractivity contribution >= 4 is 33.2 Å². The van der Waals surface area contributed by atoms with Crippen LogP contribution >= 0.6 is 11.6 Å². The number of carbonyl (C=O) groups is 1. The molecule has 0 aliphatic rings. The van der Waals surface area contributed by atoms with Crippen LogP contribution in [0.5, 0.6) is 0 Å². The fraction of sp³-hybridized carbons (Fsp3) is 0.208. The Morgan fingerprint density at radius 1 is 0.903 bits per heavy atom. The van der Waals surface area contributed by atoms with Gasteiger partial charge in [-0.05, 0) is 60.0 Å². The monoisotopic (exact) mass is 456 g/mol. The number of carbonyl (C=O) groups excluding carboxylic acids is 1. The van der Waals surface area contributed by atoms with Gasteiger partial charge in [-0.2, -0.15) is 0 Å². The molecule has 0 saturated carbocycles. The average Bonchev–Trinajstić information content (AvgIpc) is 2.73. The van der Waals surface area contributed by atoms with Crippen molar-refractivity contribution in [1.82, 2.24) is 4.90 Å². The van der Waals surface area contributed by atoms with Gasteiger partial charge in [0.1, 0.15) is 0 Å². The summed E-state index contributed by atoms with van der Waals surface area (Å²) in [5.74, 6) is -0.147. The molecule has 0 aliphatic heterocycles. The van der Waals surface area contributed by atoms with Gasteiger partial charge in [-0.25, -0.2) is 8.42 Å². The van der Waals surface area contributed by atoms with Gasteiger partial charge < -0.3 is 4.90 Å². The maximum Gasteiger partial charge on any atom is 0.253 e. The van der Waals surface area contributed by atoms with Gasteiger partial charge in [-0.15, -0.1) is 0 Å². The van der Waals surface area contributed by atoms with Gasteiger partial charge >= 0.3 is 0 Å². The third kappa shape index (κ3) is 5.87. The molecule has 1 amide bonds. The number of halogens is 1. The first-order valence-electron chi connectivity index (χ1n) is 9.77. The number of nitrogens with zero attached hydrogens (tertiary/aromatic N) is 2. The van der Waals surface area contributed by atoms with Crippen molar-refractivity contribution in [3.63, 3.8) is 0 Å². The molecule has 0 atom stereocenters. The second-order valence-electron chi connectivity index (χ2n) is 7.53. The second-order valence-corrected chi connectivity index (χ2v) is 9.87. The van der Waals surface area contributed by atoms with Crippen LogP contribution in [0.1, 0.15) is 27.0 Å². The molecule has 0 bridgehead atoms. The summed E-state index contributed by atoms with van der Waals surface area (Å²) < 4.78 is 26.2. The van der Waals surface area contributed by atoms with E-state index in [1.807, 2.05) is 43.3 Å². The maximum absolute atomic E-state index is 12.8. The molecule has 0 unspecified atom stereocenters. The predicted molar refractivity (Wildman–Crippen MR) is 126 cm³/mol. The zero-order chi connectivity index (χ0) is 22.6. The smallest absolute Gasteiger partial charge is 0.253 e. The van der Waals surface area contributed by atoms with Crippen LogP contribution in [0.25, 0.3) is 0 Å². The number of sulfonamides is 1. The Hall–Kier alpha value is -2.83. The van der Waals surface area contributed by atoms with Crippen LogP contribution < -0.4 is 4.31 Å². The lowest BCUT2D eigenvalue weighted by atomic mass is 10.1. The summed E-state index contributed by atoms with van der Waals surface area (Å²) in [7, 11) is -1.77. The molecular weight excluding hydrogens is 432 g/mol. The molecular formula is C24H25ClN2O3S. The number of amides is 1. The van der Waals surface area contributed by atoms with Crippen molar-refractivity contribution in [3.05, 3.63) is 100 Å². The first-order valence-corrected chi connectivity index (χ1v) is 12.0. The Morgan fingerprint density at radius 2 is 1.52 bits per heavy atom. The molecule has 3 rings (SSSR count). The van der Waals surface area contributed by atoms with Crippen molar-refractivity contribution in [3.8, 4) is 0 Å². The molecule has 3 aromatic carbocycles. The minimum Gasteiger partial charge on any atom is -0.337 e. The van der Waals surface area contributed by atoms with Gasteiger partial charge in [0.15, 0.2) is 0 Å². The van der Waals surface area contributed by atoms with Crippen LogP contribution in [0.15, 0.2) is 72.8 Å². The molecule has 0 heterocycles. The highest BCUT2D eigenvalue weighted by Gasteiger charge is 2.20. The zero-order valence-corrected chi connectivity index (χ0v) is 19.3. The average molecular weight is 457 g/mol. The standard InChI is InChI=1S/C24H25ClN2O3S/c1-18-6-4-5-7-21(18)17-27(31(3,29)30)23-14-10-20(11-15-23)24(28)26(2)16-19-8-12-22(25)13-9-19/h4-15H,16-17H2,1-3H3.